The van der Waals surface area contributed by atoms with Crippen molar-refractivity contribution >= 4 is 11.6 Å². The second-order valence-corrected chi connectivity index (χ2v) is 6.64. The average molecular weight is 364 g/mol. The van der Waals surface area contributed by atoms with Crippen molar-refractivity contribution in [1.29, 1.82) is 5.26 Å². The minimum Gasteiger partial charge on any atom is -0.493 e. The minimum absolute atomic E-state index is 0.177. The van der Waals surface area contributed by atoms with Gasteiger partial charge in [-0.05, 0) is 68.5 Å². The maximum atomic E-state index is 12.5. The molecule has 0 aromatic heterocycles. The number of nitrogens with zero attached hydrogens (tertiary/aromatic N) is 1. The predicted octanol–water partition coefficient (Wildman–Crippen LogP) is 4.94. The van der Waals surface area contributed by atoms with Crippen LogP contribution in [0.5, 0.6) is 11.5 Å². The first kappa shape index (κ1) is 18.8. The van der Waals surface area contributed by atoms with Gasteiger partial charge in [0, 0.05) is 23.7 Å². The van der Waals surface area contributed by atoms with Gasteiger partial charge in [0.15, 0.2) is 0 Å². The summed E-state index contributed by atoms with van der Waals surface area (Å²) in [5.74, 6) is 1.31. The molecule has 1 aliphatic rings. The quantitative estimate of drug-likeness (QED) is 0.673. The molecule has 1 saturated carbocycles. The first-order valence-electron chi connectivity index (χ1n) is 9.42. The van der Waals surface area contributed by atoms with E-state index in [2.05, 4.69) is 11.4 Å². The first-order chi connectivity index (χ1) is 13.2. The zero-order valence-electron chi connectivity index (χ0n) is 15.3. The SMILES string of the molecule is N#CCCCOc1cccc(NC(=O)c2ccc(OC3CCCC3)cc2)c1. The van der Waals surface area contributed by atoms with Crippen LogP contribution >= 0.6 is 0 Å². The number of ether oxygens (including phenoxy) is 2. The van der Waals surface area contributed by atoms with Crippen LogP contribution < -0.4 is 14.8 Å². The van der Waals surface area contributed by atoms with Crippen molar-refractivity contribution < 1.29 is 14.3 Å². The fourth-order valence-corrected chi connectivity index (χ4v) is 3.09. The van der Waals surface area contributed by atoms with Crippen molar-refractivity contribution in [2.24, 2.45) is 0 Å². The van der Waals surface area contributed by atoms with Crippen molar-refractivity contribution in [2.75, 3.05) is 11.9 Å². The Balaban J connectivity index is 1.54. The van der Waals surface area contributed by atoms with Crippen LogP contribution in [0, 0.1) is 11.3 Å². The van der Waals surface area contributed by atoms with Crippen LogP contribution in [0.4, 0.5) is 5.69 Å². The summed E-state index contributed by atoms with van der Waals surface area (Å²) in [6, 6.07) is 16.6. The molecular formula is C22H24N2O3. The fraction of sp³-hybridized carbons (Fsp3) is 0.364. The summed E-state index contributed by atoms with van der Waals surface area (Å²) in [5, 5.41) is 11.4. The highest BCUT2D eigenvalue weighted by molar-refractivity contribution is 6.04. The van der Waals surface area contributed by atoms with E-state index in [1.54, 1.807) is 18.2 Å². The van der Waals surface area contributed by atoms with Gasteiger partial charge in [0.05, 0.1) is 18.8 Å². The molecule has 0 heterocycles. The molecular weight excluding hydrogens is 340 g/mol. The van der Waals surface area contributed by atoms with Crippen LogP contribution in [0.2, 0.25) is 0 Å². The number of hydrogen-bond donors (Lipinski definition) is 1. The van der Waals surface area contributed by atoms with Gasteiger partial charge < -0.3 is 14.8 Å². The van der Waals surface area contributed by atoms with Gasteiger partial charge in [0.25, 0.3) is 5.91 Å². The summed E-state index contributed by atoms with van der Waals surface area (Å²) in [7, 11) is 0. The molecule has 0 atom stereocenters. The molecule has 2 aromatic rings. The van der Waals surface area contributed by atoms with Gasteiger partial charge in [-0.1, -0.05) is 6.07 Å². The maximum absolute atomic E-state index is 12.5. The smallest absolute Gasteiger partial charge is 0.255 e. The number of hydrogen-bond acceptors (Lipinski definition) is 4. The van der Waals surface area contributed by atoms with Crippen LogP contribution in [0.1, 0.15) is 48.9 Å². The molecule has 27 heavy (non-hydrogen) atoms. The molecule has 0 aliphatic heterocycles. The third kappa shape index (κ3) is 5.75. The number of unbranched alkanes of at least 4 members (excludes halogenated alkanes) is 1. The molecule has 0 radical (unpaired) electrons. The minimum atomic E-state index is -0.177. The van der Waals surface area contributed by atoms with E-state index < -0.39 is 0 Å². The van der Waals surface area contributed by atoms with E-state index in [0.717, 1.165) is 18.6 Å². The Morgan fingerprint density at radius 2 is 1.89 bits per heavy atom. The molecule has 1 N–H and O–H groups in total. The Hall–Kier alpha value is -3.00. The average Bonchev–Trinajstić information content (AvgIpc) is 3.19. The second kappa shape index (κ2) is 9.63. The zero-order valence-corrected chi connectivity index (χ0v) is 15.3. The van der Waals surface area contributed by atoms with Gasteiger partial charge in [0.1, 0.15) is 11.5 Å². The van der Waals surface area contributed by atoms with Gasteiger partial charge in [-0.2, -0.15) is 5.26 Å². The van der Waals surface area contributed by atoms with Crippen LogP contribution in [-0.2, 0) is 0 Å². The second-order valence-electron chi connectivity index (χ2n) is 6.64. The maximum Gasteiger partial charge on any atom is 0.255 e. The van der Waals surface area contributed by atoms with E-state index in [-0.39, 0.29) is 5.91 Å². The number of nitriles is 1. The van der Waals surface area contributed by atoms with Crippen LogP contribution in [-0.4, -0.2) is 18.6 Å². The van der Waals surface area contributed by atoms with E-state index in [1.807, 2.05) is 30.3 Å². The number of rotatable bonds is 8. The van der Waals surface area contributed by atoms with E-state index in [4.69, 9.17) is 14.7 Å². The van der Waals surface area contributed by atoms with Gasteiger partial charge in [0.2, 0.25) is 0 Å². The molecule has 140 valence electrons. The lowest BCUT2D eigenvalue weighted by Gasteiger charge is -2.13. The van der Waals surface area contributed by atoms with Gasteiger partial charge in [-0.15, -0.1) is 0 Å². The standard InChI is InChI=1S/C22H24N2O3/c23-14-3-4-15-26-21-9-5-6-18(16-21)24-22(25)17-10-12-20(13-11-17)27-19-7-1-2-8-19/h5-6,9-13,16,19H,1-4,7-8,15H2,(H,24,25). The topological polar surface area (TPSA) is 71.3 Å². The summed E-state index contributed by atoms with van der Waals surface area (Å²) in [6.45, 7) is 0.480. The summed E-state index contributed by atoms with van der Waals surface area (Å²) in [6.07, 6.45) is 6.13. The number of benzene rings is 2. The van der Waals surface area contributed by atoms with Gasteiger partial charge in [-0.25, -0.2) is 0 Å². The Morgan fingerprint density at radius 1 is 1.11 bits per heavy atom. The summed E-state index contributed by atoms with van der Waals surface area (Å²) < 4.78 is 11.5. The summed E-state index contributed by atoms with van der Waals surface area (Å²) >= 11 is 0. The molecule has 1 amide bonds. The lowest BCUT2D eigenvalue weighted by Crippen LogP contribution is -2.13. The van der Waals surface area contributed by atoms with Crippen molar-refractivity contribution in [1.82, 2.24) is 0 Å². The molecule has 0 unspecified atom stereocenters. The molecule has 2 aromatic carbocycles. The number of anilines is 1. The van der Waals surface area contributed by atoms with Crippen molar-refractivity contribution in [3.05, 3.63) is 54.1 Å². The zero-order chi connectivity index (χ0) is 18.9. The lowest BCUT2D eigenvalue weighted by molar-refractivity contribution is 0.102. The first-order valence-corrected chi connectivity index (χ1v) is 9.42. The Bertz CT molecular complexity index is 790. The number of amides is 1. The third-order valence-corrected chi connectivity index (χ3v) is 4.52. The Labute approximate surface area is 159 Å². The molecule has 3 rings (SSSR count). The largest absolute Gasteiger partial charge is 0.493 e. The number of carbonyl (C=O) groups is 1. The molecule has 0 saturated heterocycles. The normalized spacial score (nSPS) is 13.7. The molecule has 5 nitrogen and oxygen atoms in total. The van der Waals surface area contributed by atoms with Gasteiger partial charge in [-0.3, -0.25) is 4.79 Å². The van der Waals surface area contributed by atoms with Crippen LogP contribution in [0.15, 0.2) is 48.5 Å². The predicted molar refractivity (Wildman–Crippen MR) is 104 cm³/mol. The monoisotopic (exact) mass is 364 g/mol. The fourth-order valence-electron chi connectivity index (χ4n) is 3.09. The number of carbonyl (C=O) groups excluding carboxylic acids is 1. The highest BCUT2D eigenvalue weighted by Gasteiger charge is 2.16. The Morgan fingerprint density at radius 3 is 2.63 bits per heavy atom. The van der Waals surface area contributed by atoms with Crippen molar-refractivity contribution in [3.63, 3.8) is 0 Å². The highest BCUT2D eigenvalue weighted by atomic mass is 16.5. The van der Waals surface area contributed by atoms with Crippen molar-refractivity contribution in [3.8, 4) is 17.6 Å². The molecule has 0 spiro atoms. The third-order valence-electron chi connectivity index (χ3n) is 4.52. The highest BCUT2D eigenvalue weighted by Crippen LogP contribution is 2.24. The van der Waals surface area contributed by atoms with Crippen LogP contribution in [0.3, 0.4) is 0 Å². The number of nitrogens with one attached hydrogen (secondary N) is 1. The van der Waals surface area contributed by atoms with E-state index in [9.17, 15) is 4.79 Å². The molecule has 1 fully saturated rings. The Kier molecular flexibility index (Phi) is 6.70. The van der Waals surface area contributed by atoms with E-state index >= 15 is 0 Å². The summed E-state index contributed by atoms with van der Waals surface area (Å²) in [5.41, 5.74) is 1.25. The van der Waals surface area contributed by atoms with Crippen LogP contribution in [0.25, 0.3) is 0 Å². The van der Waals surface area contributed by atoms with E-state index in [1.165, 1.54) is 12.8 Å². The molecule has 1 aliphatic carbocycles. The van der Waals surface area contributed by atoms with Crippen molar-refractivity contribution in [2.45, 2.75) is 44.6 Å². The summed E-state index contributed by atoms with van der Waals surface area (Å²) in [4.78, 5) is 12.5. The van der Waals surface area contributed by atoms with E-state index in [0.29, 0.717) is 42.6 Å². The molecule has 5 heteroatoms. The molecule has 0 bridgehead atoms. The van der Waals surface area contributed by atoms with Gasteiger partial charge >= 0.3 is 0 Å². The lowest BCUT2D eigenvalue weighted by atomic mass is 10.2.